The lowest BCUT2D eigenvalue weighted by atomic mass is 10.1. The number of carbonyl (C=O) groups is 1. The number of hydrogen-bond donors (Lipinski definition) is 1. The fraction of sp³-hybridized carbons (Fsp3) is 0.375. The minimum absolute atomic E-state index is 0.0236. The topological polar surface area (TPSA) is 49.8 Å². The highest BCUT2D eigenvalue weighted by Crippen LogP contribution is 2.37. The molecule has 1 fully saturated rings. The molecule has 4 nitrogen and oxygen atoms in total. The Balaban J connectivity index is 2.30. The molecule has 0 atom stereocenters. The van der Waals surface area contributed by atoms with Crippen molar-refractivity contribution in [2.75, 3.05) is 13.2 Å². The Morgan fingerprint density at radius 1 is 1.43 bits per heavy atom. The van der Waals surface area contributed by atoms with E-state index in [1.54, 1.807) is 17.0 Å². The number of halogens is 1. The van der Waals surface area contributed by atoms with Gasteiger partial charge in [-0.1, -0.05) is 48.9 Å². The number of unbranched alkanes of at least 4 members (excludes halogenated alkanes) is 1. The van der Waals surface area contributed by atoms with Crippen molar-refractivity contribution in [3.05, 3.63) is 27.6 Å². The molecular weight excluding hydrogens is 354 g/mol. The van der Waals surface area contributed by atoms with Gasteiger partial charge in [0.15, 0.2) is 11.5 Å². The molecule has 0 aromatic heterocycles. The third kappa shape index (κ3) is 4.19. The van der Waals surface area contributed by atoms with Crippen molar-refractivity contribution < 1.29 is 14.6 Å². The molecule has 2 rings (SSSR count). The van der Waals surface area contributed by atoms with Gasteiger partial charge < -0.3 is 9.84 Å². The number of thiocarbonyl (C=S) groups is 1. The molecule has 1 aliphatic rings. The van der Waals surface area contributed by atoms with Crippen LogP contribution in [0, 0.1) is 0 Å². The Labute approximate surface area is 150 Å². The molecule has 0 radical (unpaired) electrons. The number of phenolic OH excluding ortho intramolecular Hbond substituents is 1. The summed E-state index contributed by atoms with van der Waals surface area (Å²) in [6, 6.07) is 3.04. The standard InChI is InChI=1S/C16H18ClNO3S2/c1-3-5-6-18-15(20)14(23-16(18)22)8-10-7-13(21-4-2)12(19)9-11(10)17/h7-9,19H,3-6H2,1-2H3/b14-8-. The second kappa shape index (κ2) is 8.04. The van der Waals surface area contributed by atoms with E-state index in [0.29, 0.717) is 38.7 Å². The van der Waals surface area contributed by atoms with Gasteiger partial charge >= 0.3 is 0 Å². The Hall–Kier alpha value is -1.24. The molecule has 0 bridgehead atoms. The highest BCUT2D eigenvalue weighted by atomic mass is 35.5. The van der Waals surface area contributed by atoms with Crippen LogP contribution in [0.3, 0.4) is 0 Å². The number of amides is 1. The Bertz CT molecular complexity index is 661. The predicted molar refractivity (Wildman–Crippen MR) is 99.1 cm³/mol. The number of aromatic hydroxyl groups is 1. The highest BCUT2D eigenvalue weighted by molar-refractivity contribution is 8.26. The van der Waals surface area contributed by atoms with Crippen LogP contribution in [-0.4, -0.2) is 33.4 Å². The van der Waals surface area contributed by atoms with Gasteiger partial charge in [-0.3, -0.25) is 9.69 Å². The third-order valence-corrected chi connectivity index (χ3v) is 4.98. The highest BCUT2D eigenvalue weighted by Gasteiger charge is 2.31. The van der Waals surface area contributed by atoms with Gasteiger partial charge in [-0.15, -0.1) is 0 Å². The molecule has 124 valence electrons. The minimum atomic E-state index is -0.101. The van der Waals surface area contributed by atoms with Crippen LogP contribution < -0.4 is 4.74 Å². The molecule has 23 heavy (non-hydrogen) atoms. The van der Waals surface area contributed by atoms with E-state index in [0.717, 1.165) is 12.8 Å². The quantitative estimate of drug-likeness (QED) is 0.591. The summed E-state index contributed by atoms with van der Waals surface area (Å²) in [4.78, 5) is 14.6. The Morgan fingerprint density at radius 3 is 2.83 bits per heavy atom. The lowest BCUT2D eigenvalue weighted by molar-refractivity contribution is -0.122. The van der Waals surface area contributed by atoms with Crippen LogP contribution in [0.2, 0.25) is 5.02 Å². The van der Waals surface area contributed by atoms with Crippen LogP contribution in [0.25, 0.3) is 6.08 Å². The summed E-state index contributed by atoms with van der Waals surface area (Å²) in [5.74, 6) is 0.213. The normalized spacial score (nSPS) is 16.5. The third-order valence-electron chi connectivity index (χ3n) is 3.27. The van der Waals surface area contributed by atoms with Crippen molar-refractivity contribution in [3.63, 3.8) is 0 Å². The van der Waals surface area contributed by atoms with Gasteiger partial charge in [0.25, 0.3) is 5.91 Å². The smallest absolute Gasteiger partial charge is 0.266 e. The van der Waals surface area contributed by atoms with E-state index in [2.05, 4.69) is 6.92 Å². The molecule has 1 amide bonds. The van der Waals surface area contributed by atoms with Crippen molar-refractivity contribution in [1.82, 2.24) is 4.90 Å². The van der Waals surface area contributed by atoms with Gasteiger partial charge in [-0.25, -0.2) is 0 Å². The first-order valence-electron chi connectivity index (χ1n) is 7.38. The van der Waals surface area contributed by atoms with E-state index >= 15 is 0 Å². The second-order valence-electron chi connectivity index (χ2n) is 4.96. The van der Waals surface area contributed by atoms with Crippen LogP contribution in [0.5, 0.6) is 11.5 Å². The van der Waals surface area contributed by atoms with Crippen LogP contribution in [0.15, 0.2) is 17.0 Å². The maximum absolute atomic E-state index is 12.4. The molecule has 1 saturated heterocycles. The van der Waals surface area contributed by atoms with Gasteiger partial charge in [-0.2, -0.15) is 0 Å². The zero-order chi connectivity index (χ0) is 17.0. The fourth-order valence-corrected chi connectivity index (χ4v) is 3.60. The number of hydrogen-bond acceptors (Lipinski definition) is 5. The summed E-state index contributed by atoms with van der Waals surface area (Å²) >= 11 is 12.7. The lowest BCUT2D eigenvalue weighted by Crippen LogP contribution is -2.28. The molecule has 1 aromatic carbocycles. The van der Waals surface area contributed by atoms with E-state index in [1.165, 1.54) is 17.8 Å². The van der Waals surface area contributed by atoms with E-state index in [9.17, 15) is 9.90 Å². The number of rotatable bonds is 6. The predicted octanol–water partition coefficient (Wildman–Crippen LogP) is 4.45. The van der Waals surface area contributed by atoms with Crippen molar-refractivity contribution in [2.45, 2.75) is 26.7 Å². The largest absolute Gasteiger partial charge is 0.504 e. The van der Waals surface area contributed by atoms with Crippen LogP contribution >= 0.6 is 35.6 Å². The maximum Gasteiger partial charge on any atom is 0.266 e. The van der Waals surface area contributed by atoms with Crippen molar-refractivity contribution in [1.29, 1.82) is 0 Å². The molecule has 0 saturated carbocycles. The molecule has 0 spiro atoms. The van der Waals surface area contributed by atoms with Crippen LogP contribution in [-0.2, 0) is 4.79 Å². The summed E-state index contributed by atoms with van der Waals surface area (Å²) in [7, 11) is 0. The average molecular weight is 372 g/mol. The molecule has 1 aromatic rings. The van der Waals surface area contributed by atoms with Gasteiger partial charge in [0.2, 0.25) is 0 Å². The molecular formula is C16H18ClNO3S2. The average Bonchev–Trinajstić information content (AvgIpc) is 2.76. The number of carbonyl (C=O) groups excluding carboxylic acids is 1. The number of benzene rings is 1. The van der Waals surface area contributed by atoms with E-state index < -0.39 is 0 Å². The molecule has 0 unspecified atom stereocenters. The fourth-order valence-electron chi connectivity index (χ4n) is 2.09. The Kier molecular flexibility index (Phi) is 6.33. The summed E-state index contributed by atoms with van der Waals surface area (Å²) in [5.41, 5.74) is 0.615. The molecule has 1 heterocycles. The van der Waals surface area contributed by atoms with E-state index in [4.69, 9.17) is 28.6 Å². The first-order valence-corrected chi connectivity index (χ1v) is 8.98. The van der Waals surface area contributed by atoms with Crippen molar-refractivity contribution in [3.8, 4) is 11.5 Å². The molecule has 1 aliphatic heterocycles. The van der Waals surface area contributed by atoms with Crippen molar-refractivity contribution >= 4 is 51.9 Å². The zero-order valence-electron chi connectivity index (χ0n) is 13.0. The summed E-state index contributed by atoms with van der Waals surface area (Å²) in [5, 5.41) is 10.2. The van der Waals surface area contributed by atoms with Gasteiger partial charge in [0, 0.05) is 12.6 Å². The first kappa shape index (κ1) is 18.1. The summed E-state index contributed by atoms with van der Waals surface area (Å²) < 4.78 is 5.92. The SMILES string of the molecule is CCCCN1C(=O)/C(=C/c2cc(OCC)c(O)cc2Cl)SC1=S. The summed E-state index contributed by atoms with van der Waals surface area (Å²) in [6.07, 6.45) is 3.60. The van der Waals surface area contributed by atoms with Crippen molar-refractivity contribution in [2.24, 2.45) is 0 Å². The molecule has 7 heteroatoms. The zero-order valence-corrected chi connectivity index (χ0v) is 15.4. The number of ether oxygens (including phenoxy) is 1. The second-order valence-corrected chi connectivity index (χ2v) is 7.04. The first-order chi connectivity index (χ1) is 11.0. The van der Waals surface area contributed by atoms with Crippen LogP contribution in [0.1, 0.15) is 32.3 Å². The number of nitrogens with zero attached hydrogens (tertiary/aromatic N) is 1. The molecule has 1 N–H and O–H groups in total. The number of phenols is 1. The van der Waals surface area contributed by atoms with Gasteiger partial charge in [0.1, 0.15) is 4.32 Å². The maximum atomic E-state index is 12.4. The summed E-state index contributed by atoms with van der Waals surface area (Å²) in [6.45, 7) is 4.95. The number of thioether (sulfide) groups is 1. The van der Waals surface area contributed by atoms with Crippen LogP contribution in [0.4, 0.5) is 0 Å². The van der Waals surface area contributed by atoms with E-state index in [1.807, 2.05) is 6.92 Å². The van der Waals surface area contributed by atoms with Gasteiger partial charge in [-0.05, 0) is 31.1 Å². The van der Waals surface area contributed by atoms with E-state index in [-0.39, 0.29) is 11.7 Å². The monoisotopic (exact) mass is 371 g/mol. The van der Waals surface area contributed by atoms with Gasteiger partial charge in [0.05, 0.1) is 16.5 Å². The minimum Gasteiger partial charge on any atom is -0.504 e. The Morgan fingerprint density at radius 2 is 2.17 bits per heavy atom. The molecule has 0 aliphatic carbocycles. The lowest BCUT2D eigenvalue weighted by Gasteiger charge is -2.13.